The van der Waals surface area contributed by atoms with E-state index in [2.05, 4.69) is 24.1 Å². The van der Waals surface area contributed by atoms with E-state index in [0.29, 0.717) is 18.5 Å². The highest BCUT2D eigenvalue weighted by Crippen LogP contribution is 2.28. The van der Waals surface area contributed by atoms with Gasteiger partial charge >= 0.3 is 0 Å². The summed E-state index contributed by atoms with van der Waals surface area (Å²) in [5, 5.41) is 12.5. The van der Waals surface area contributed by atoms with Crippen molar-refractivity contribution in [3.63, 3.8) is 0 Å². The first-order valence-electron chi connectivity index (χ1n) is 6.98. The zero-order chi connectivity index (χ0) is 13.8. The number of rotatable bonds is 5. The average Bonchev–Trinajstić information content (AvgIpc) is 2.85. The van der Waals surface area contributed by atoms with Crippen LogP contribution in [0, 0.1) is 11.7 Å². The van der Waals surface area contributed by atoms with Crippen molar-refractivity contribution >= 4 is 5.69 Å². The molecule has 2 N–H and O–H groups in total. The number of halogens is 1. The third kappa shape index (κ3) is 3.45. The molecule has 0 amide bonds. The first-order chi connectivity index (χ1) is 9.11. The summed E-state index contributed by atoms with van der Waals surface area (Å²) in [5.41, 5.74) is 1.69. The van der Waals surface area contributed by atoms with Gasteiger partial charge in [0.05, 0.1) is 0 Å². The Morgan fingerprint density at radius 3 is 2.89 bits per heavy atom. The quantitative estimate of drug-likeness (QED) is 0.857. The van der Waals surface area contributed by atoms with Crippen molar-refractivity contribution in [3.8, 4) is 0 Å². The predicted molar refractivity (Wildman–Crippen MR) is 75.8 cm³/mol. The van der Waals surface area contributed by atoms with Crippen LogP contribution in [-0.4, -0.2) is 30.8 Å². The van der Waals surface area contributed by atoms with E-state index in [1.54, 1.807) is 6.07 Å². The molecule has 2 rings (SSSR count). The summed E-state index contributed by atoms with van der Waals surface area (Å²) >= 11 is 0. The monoisotopic (exact) mass is 266 g/mol. The maximum Gasteiger partial charge on any atom is 0.129 e. The molecule has 19 heavy (non-hydrogen) atoms. The Balaban J connectivity index is 2.17. The molecule has 1 aliphatic heterocycles. The van der Waals surface area contributed by atoms with Crippen molar-refractivity contribution in [1.29, 1.82) is 0 Å². The molecule has 0 spiro atoms. The van der Waals surface area contributed by atoms with Gasteiger partial charge in [0.15, 0.2) is 0 Å². The zero-order valence-electron chi connectivity index (χ0n) is 11.7. The van der Waals surface area contributed by atoms with E-state index in [-0.39, 0.29) is 12.4 Å². The van der Waals surface area contributed by atoms with Gasteiger partial charge < -0.3 is 15.3 Å². The van der Waals surface area contributed by atoms with Crippen molar-refractivity contribution in [2.75, 3.05) is 24.6 Å². The summed E-state index contributed by atoms with van der Waals surface area (Å²) < 4.78 is 14.0. The van der Waals surface area contributed by atoms with Crippen LogP contribution in [0.25, 0.3) is 0 Å². The summed E-state index contributed by atoms with van der Waals surface area (Å²) in [4.78, 5) is 2.18. The molecule has 0 aliphatic carbocycles. The third-order valence-corrected chi connectivity index (χ3v) is 3.67. The standard InChI is InChI=1S/C15H23FN2O/c1-11(2)17-8-13-14(16)4-3-5-15(13)18-7-6-12(9-18)10-19/h3-5,11-12,17,19H,6-10H2,1-2H3. The van der Waals surface area contributed by atoms with Crippen LogP contribution in [0.5, 0.6) is 0 Å². The van der Waals surface area contributed by atoms with Crippen LogP contribution >= 0.6 is 0 Å². The van der Waals surface area contributed by atoms with Crippen molar-refractivity contribution < 1.29 is 9.50 Å². The van der Waals surface area contributed by atoms with Crippen LogP contribution in [0.2, 0.25) is 0 Å². The molecule has 1 aliphatic rings. The molecule has 1 unspecified atom stereocenters. The van der Waals surface area contributed by atoms with Crippen LogP contribution in [0.1, 0.15) is 25.8 Å². The second-order valence-electron chi connectivity index (χ2n) is 5.56. The summed E-state index contributed by atoms with van der Waals surface area (Å²) in [6.45, 7) is 6.57. The van der Waals surface area contributed by atoms with Crippen LogP contribution in [0.3, 0.4) is 0 Å². The van der Waals surface area contributed by atoms with Gasteiger partial charge in [-0.05, 0) is 18.6 Å². The van der Waals surface area contributed by atoms with E-state index in [0.717, 1.165) is 30.8 Å². The fourth-order valence-electron chi connectivity index (χ4n) is 2.53. The van der Waals surface area contributed by atoms with Crippen molar-refractivity contribution in [2.45, 2.75) is 32.9 Å². The molecule has 1 fully saturated rings. The van der Waals surface area contributed by atoms with E-state index in [9.17, 15) is 9.50 Å². The van der Waals surface area contributed by atoms with Gasteiger partial charge in [0.25, 0.3) is 0 Å². The molecule has 1 atom stereocenters. The largest absolute Gasteiger partial charge is 0.396 e. The topological polar surface area (TPSA) is 35.5 Å². The molecule has 0 saturated carbocycles. The molecule has 0 bridgehead atoms. The van der Waals surface area contributed by atoms with Gasteiger partial charge in [-0.1, -0.05) is 19.9 Å². The van der Waals surface area contributed by atoms with Crippen molar-refractivity contribution in [2.24, 2.45) is 5.92 Å². The molecule has 1 aromatic carbocycles. The number of hydrogen-bond acceptors (Lipinski definition) is 3. The van der Waals surface area contributed by atoms with E-state index in [1.807, 2.05) is 6.07 Å². The predicted octanol–water partition coefficient (Wildman–Crippen LogP) is 2.14. The Bertz CT molecular complexity index is 423. The van der Waals surface area contributed by atoms with Crippen molar-refractivity contribution in [1.82, 2.24) is 5.32 Å². The third-order valence-electron chi connectivity index (χ3n) is 3.67. The summed E-state index contributed by atoms with van der Waals surface area (Å²) in [6.07, 6.45) is 0.976. The van der Waals surface area contributed by atoms with Crippen LogP contribution in [-0.2, 0) is 6.54 Å². The lowest BCUT2D eigenvalue weighted by atomic mass is 10.1. The number of nitrogens with one attached hydrogen (secondary N) is 1. The fraction of sp³-hybridized carbons (Fsp3) is 0.600. The van der Waals surface area contributed by atoms with Crippen LogP contribution in [0.15, 0.2) is 18.2 Å². The Morgan fingerprint density at radius 1 is 1.47 bits per heavy atom. The first-order valence-corrected chi connectivity index (χ1v) is 6.98. The maximum atomic E-state index is 14.0. The van der Waals surface area contributed by atoms with Gasteiger partial charge in [-0.25, -0.2) is 4.39 Å². The Kier molecular flexibility index (Phi) is 4.77. The zero-order valence-corrected chi connectivity index (χ0v) is 11.7. The van der Waals surface area contributed by atoms with E-state index in [4.69, 9.17) is 0 Å². The fourth-order valence-corrected chi connectivity index (χ4v) is 2.53. The Labute approximate surface area is 114 Å². The number of benzene rings is 1. The summed E-state index contributed by atoms with van der Waals surface area (Å²) in [7, 11) is 0. The number of hydrogen-bond donors (Lipinski definition) is 2. The lowest BCUT2D eigenvalue weighted by molar-refractivity contribution is 0.238. The van der Waals surface area contributed by atoms with Crippen LogP contribution < -0.4 is 10.2 Å². The Hall–Kier alpha value is -1.13. The average molecular weight is 266 g/mol. The number of anilines is 1. The summed E-state index contributed by atoms with van der Waals surface area (Å²) in [6, 6.07) is 5.58. The molecular formula is C15H23FN2O. The highest BCUT2D eigenvalue weighted by Gasteiger charge is 2.24. The second-order valence-corrected chi connectivity index (χ2v) is 5.56. The van der Waals surface area contributed by atoms with E-state index in [1.165, 1.54) is 6.07 Å². The number of aliphatic hydroxyl groups excluding tert-OH is 1. The van der Waals surface area contributed by atoms with Gasteiger partial charge in [-0.15, -0.1) is 0 Å². The van der Waals surface area contributed by atoms with Crippen LogP contribution in [0.4, 0.5) is 10.1 Å². The molecule has 1 aromatic rings. The highest BCUT2D eigenvalue weighted by atomic mass is 19.1. The lowest BCUT2D eigenvalue weighted by Gasteiger charge is -2.23. The van der Waals surface area contributed by atoms with E-state index < -0.39 is 0 Å². The van der Waals surface area contributed by atoms with Gasteiger partial charge in [0.2, 0.25) is 0 Å². The maximum absolute atomic E-state index is 14.0. The van der Waals surface area contributed by atoms with Gasteiger partial charge in [0.1, 0.15) is 5.82 Å². The molecular weight excluding hydrogens is 243 g/mol. The molecule has 106 valence electrons. The molecule has 1 saturated heterocycles. The normalized spacial score (nSPS) is 19.4. The first kappa shape index (κ1) is 14.3. The molecule has 4 heteroatoms. The number of aliphatic hydroxyl groups is 1. The number of nitrogens with zero attached hydrogens (tertiary/aromatic N) is 1. The van der Waals surface area contributed by atoms with Gasteiger partial charge in [-0.3, -0.25) is 0 Å². The minimum Gasteiger partial charge on any atom is -0.396 e. The van der Waals surface area contributed by atoms with E-state index >= 15 is 0 Å². The molecule has 0 aromatic heterocycles. The van der Waals surface area contributed by atoms with Gasteiger partial charge in [0, 0.05) is 49.5 Å². The lowest BCUT2D eigenvalue weighted by Crippen LogP contribution is -2.26. The van der Waals surface area contributed by atoms with Gasteiger partial charge in [-0.2, -0.15) is 0 Å². The minimum atomic E-state index is -0.155. The highest BCUT2D eigenvalue weighted by molar-refractivity contribution is 5.55. The molecule has 1 heterocycles. The molecule has 0 radical (unpaired) electrons. The SMILES string of the molecule is CC(C)NCc1c(F)cccc1N1CCC(CO)C1. The second kappa shape index (κ2) is 6.35. The Morgan fingerprint density at radius 2 is 2.26 bits per heavy atom. The smallest absolute Gasteiger partial charge is 0.129 e. The minimum absolute atomic E-state index is 0.155. The molecule has 3 nitrogen and oxygen atoms in total. The summed E-state index contributed by atoms with van der Waals surface area (Å²) in [5.74, 6) is 0.160. The van der Waals surface area contributed by atoms with Crippen molar-refractivity contribution in [3.05, 3.63) is 29.6 Å².